The standard InChI is InChI=1S/C19H21N3O3S/c1-25-17-6-3-13(4-7-17)18(23)21-8-14-2-5-16(10-21)22(19(14)24)9-15-11-26-12-20-15/h3-4,6-7,11-12,14,16H,2,5,8-10H2,1H3/t14-,16+/m0/s1. The first kappa shape index (κ1) is 17.0. The summed E-state index contributed by atoms with van der Waals surface area (Å²) in [7, 11) is 1.60. The second-order valence-electron chi connectivity index (χ2n) is 6.81. The number of hydrogen-bond acceptors (Lipinski definition) is 5. The Balaban J connectivity index is 1.53. The highest BCUT2D eigenvalue weighted by Gasteiger charge is 2.42. The first-order valence-electron chi connectivity index (χ1n) is 8.76. The van der Waals surface area contributed by atoms with Crippen molar-refractivity contribution in [2.75, 3.05) is 20.2 Å². The first-order chi connectivity index (χ1) is 12.7. The van der Waals surface area contributed by atoms with Gasteiger partial charge >= 0.3 is 0 Å². The number of benzene rings is 1. The van der Waals surface area contributed by atoms with Crippen LogP contribution in [0.25, 0.3) is 0 Å². The minimum atomic E-state index is -0.116. The third-order valence-corrected chi connectivity index (χ3v) is 5.87. The molecule has 3 fully saturated rings. The zero-order chi connectivity index (χ0) is 18.1. The maximum Gasteiger partial charge on any atom is 0.253 e. The molecule has 0 radical (unpaired) electrons. The normalized spacial score (nSPS) is 22.4. The molecule has 2 atom stereocenters. The van der Waals surface area contributed by atoms with Gasteiger partial charge in [-0.2, -0.15) is 0 Å². The summed E-state index contributed by atoms with van der Waals surface area (Å²) in [5.74, 6) is 0.740. The molecule has 6 nitrogen and oxygen atoms in total. The molecule has 0 aliphatic carbocycles. The molecule has 2 bridgehead atoms. The zero-order valence-corrected chi connectivity index (χ0v) is 15.4. The predicted molar refractivity (Wildman–Crippen MR) is 98.1 cm³/mol. The Hall–Kier alpha value is -2.41. The summed E-state index contributed by atoms with van der Waals surface area (Å²) in [6.07, 6.45) is 1.79. The molecule has 4 heterocycles. The van der Waals surface area contributed by atoms with Crippen LogP contribution in [-0.4, -0.2) is 52.8 Å². The van der Waals surface area contributed by atoms with E-state index >= 15 is 0 Å². The molecule has 5 rings (SSSR count). The molecule has 1 aromatic carbocycles. The van der Waals surface area contributed by atoms with Gasteiger partial charge in [-0.1, -0.05) is 0 Å². The van der Waals surface area contributed by atoms with Gasteiger partial charge in [-0.3, -0.25) is 9.59 Å². The van der Waals surface area contributed by atoms with Crippen LogP contribution in [0.4, 0.5) is 0 Å². The van der Waals surface area contributed by atoms with Crippen LogP contribution >= 0.6 is 11.3 Å². The lowest BCUT2D eigenvalue weighted by molar-refractivity contribution is -0.140. The minimum Gasteiger partial charge on any atom is -0.497 e. The number of hydrogen-bond donors (Lipinski definition) is 0. The molecule has 0 spiro atoms. The van der Waals surface area contributed by atoms with Crippen molar-refractivity contribution in [2.24, 2.45) is 5.92 Å². The van der Waals surface area contributed by atoms with Crippen LogP contribution in [-0.2, 0) is 11.3 Å². The SMILES string of the molecule is COc1ccc(C(=O)N2C[C@@H]3CC[C@H](C2)N(Cc2cscn2)C3=O)cc1. The summed E-state index contributed by atoms with van der Waals surface area (Å²) in [4.78, 5) is 33.9. The highest BCUT2D eigenvalue weighted by Crippen LogP contribution is 2.31. The molecular formula is C19H21N3O3S. The van der Waals surface area contributed by atoms with Gasteiger partial charge in [0.25, 0.3) is 5.91 Å². The molecule has 3 saturated heterocycles. The Morgan fingerprint density at radius 2 is 2.08 bits per heavy atom. The van der Waals surface area contributed by atoms with Crippen molar-refractivity contribution in [3.8, 4) is 5.75 Å². The third kappa shape index (κ3) is 3.19. The molecule has 7 heteroatoms. The van der Waals surface area contributed by atoms with Crippen LogP contribution in [0.2, 0.25) is 0 Å². The number of piperidine rings is 1. The molecular weight excluding hydrogens is 350 g/mol. The van der Waals surface area contributed by atoms with E-state index in [4.69, 9.17) is 4.74 Å². The summed E-state index contributed by atoms with van der Waals surface area (Å²) < 4.78 is 5.16. The summed E-state index contributed by atoms with van der Waals surface area (Å²) >= 11 is 1.54. The highest BCUT2D eigenvalue weighted by atomic mass is 32.1. The Labute approximate surface area is 156 Å². The largest absolute Gasteiger partial charge is 0.497 e. The van der Waals surface area contributed by atoms with Crippen LogP contribution in [0.3, 0.4) is 0 Å². The summed E-state index contributed by atoms with van der Waals surface area (Å²) in [5, 5.41) is 1.98. The van der Waals surface area contributed by atoms with E-state index in [9.17, 15) is 9.59 Å². The lowest BCUT2D eigenvalue weighted by Gasteiger charge is -2.35. The van der Waals surface area contributed by atoms with Crippen molar-refractivity contribution in [1.29, 1.82) is 0 Å². The Morgan fingerprint density at radius 3 is 2.77 bits per heavy atom. The quantitative estimate of drug-likeness (QED) is 0.828. The van der Waals surface area contributed by atoms with Crippen LogP contribution in [0.15, 0.2) is 35.2 Å². The van der Waals surface area contributed by atoms with Crippen molar-refractivity contribution >= 4 is 23.2 Å². The van der Waals surface area contributed by atoms with E-state index in [0.29, 0.717) is 25.2 Å². The summed E-state index contributed by atoms with van der Waals surface area (Å²) in [5.41, 5.74) is 3.34. The van der Waals surface area contributed by atoms with Gasteiger partial charge in [-0.05, 0) is 37.1 Å². The number of nitrogens with zero attached hydrogens (tertiary/aromatic N) is 3. The monoisotopic (exact) mass is 371 g/mol. The summed E-state index contributed by atoms with van der Waals surface area (Å²) in [6, 6.07) is 7.20. The van der Waals surface area contributed by atoms with Crippen LogP contribution in [0.1, 0.15) is 28.9 Å². The number of rotatable bonds is 4. The number of thiazole rings is 1. The predicted octanol–water partition coefficient (Wildman–Crippen LogP) is 2.41. The smallest absolute Gasteiger partial charge is 0.253 e. The van der Waals surface area contributed by atoms with E-state index < -0.39 is 0 Å². The molecule has 0 unspecified atom stereocenters. The van der Waals surface area contributed by atoms with Crippen molar-refractivity contribution in [3.05, 3.63) is 46.4 Å². The van der Waals surface area contributed by atoms with Gasteiger partial charge in [0.1, 0.15) is 5.75 Å². The number of carbonyl (C=O) groups excluding carboxylic acids is 2. The van der Waals surface area contributed by atoms with Crippen LogP contribution < -0.4 is 4.74 Å². The number of methoxy groups -OCH3 is 1. The number of aromatic nitrogens is 1. The second-order valence-corrected chi connectivity index (χ2v) is 7.53. The maximum atomic E-state index is 12.9. The fraction of sp³-hybridized carbons (Fsp3) is 0.421. The molecule has 2 aromatic rings. The Kier molecular flexibility index (Phi) is 4.63. The average Bonchev–Trinajstić information content (AvgIpc) is 3.04. The molecule has 136 valence electrons. The fourth-order valence-electron chi connectivity index (χ4n) is 3.82. The fourth-order valence-corrected chi connectivity index (χ4v) is 4.37. The van der Waals surface area contributed by atoms with Gasteiger partial charge in [-0.15, -0.1) is 11.3 Å². The third-order valence-electron chi connectivity index (χ3n) is 5.23. The summed E-state index contributed by atoms with van der Waals surface area (Å²) in [6.45, 7) is 1.61. The Bertz CT molecular complexity index is 791. The van der Waals surface area contributed by atoms with Crippen molar-refractivity contribution in [1.82, 2.24) is 14.8 Å². The van der Waals surface area contributed by atoms with E-state index in [2.05, 4.69) is 4.98 Å². The molecule has 1 aromatic heterocycles. The van der Waals surface area contributed by atoms with Crippen molar-refractivity contribution in [3.63, 3.8) is 0 Å². The van der Waals surface area contributed by atoms with E-state index in [1.165, 1.54) is 11.3 Å². The number of amides is 2. The van der Waals surface area contributed by atoms with E-state index in [0.717, 1.165) is 24.3 Å². The Morgan fingerprint density at radius 1 is 1.27 bits per heavy atom. The van der Waals surface area contributed by atoms with Crippen molar-refractivity contribution < 1.29 is 14.3 Å². The lowest BCUT2D eigenvalue weighted by atomic mass is 9.94. The van der Waals surface area contributed by atoms with Crippen LogP contribution in [0, 0.1) is 5.92 Å². The molecule has 2 amide bonds. The van der Waals surface area contributed by atoms with Gasteiger partial charge in [0.2, 0.25) is 5.91 Å². The lowest BCUT2D eigenvalue weighted by Crippen LogP contribution is -2.47. The molecule has 0 N–H and O–H groups in total. The topological polar surface area (TPSA) is 62.7 Å². The van der Waals surface area contributed by atoms with Gasteiger partial charge in [0, 0.05) is 30.1 Å². The van der Waals surface area contributed by atoms with E-state index in [-0.39, 0.29) is 23.8 Å². The molecule has 26 heavy (non-hydrogen) atoms. The number of carbonyl (C=O) groups is 2. The molecule has 0 saturated carbocycles. The van der Waals surface area contributed by atoms with Gasteiger partial charge in [0.05, 0.1) is 30.8 Å². The highest BCUT2D eigenvalue weighted by molar-refractivity contribution is 7.07. The van der Waals surface area contributed by atoms with Crippen molar-refractivity contribution in [2.45, 2.75) is 25.4 Å². The minimum absolute atomic E-state index is 0.0205. The maximum absolute atomic E-state index is 12.9. The van der Waals surface area contributed by atoms with Gasteiger partial charge < -0.3 is 14.5 Å². The number of fused-ring (bicyclic) bond motifs is 4. The van der Waals surface area contributed by atoms with E-state index in [1.807, 2.05) is 15.2 Å². The zero-order valence-electron chi connectivity index (χ0n) is 14.6. The molecule has 3 aliphatic rings. The first-order valence-corrected chi connectivity index (χ1v) is 9.71. The molecule has 3 aliphatic heterocycles. The van der Waals surface area contributed by atoms with E-state index in [1.54, 1.807) is 36.9 Å². The second kappa shape index (κ2) is 7.07. The average molecular weight is 371 g/mol. The van der Waals surface area contributed by atoms with Gasteiger partial charge in [0.15, 0.2) is 0 Å². The van der Waals surface area contributed by atoms with Crippen LogP contribution in [0.5, 0.6) is 5.75 Å². The van der Waals surface area contributed by atoms with Gasteiger partial charge in [-0.25, -0.2) is 4.98 Å². The number of ether oxygens (including phenoxy) is 1.